The Morgan fingerprint density at radius 3 is 2.48 bits per heavy atom. The molecule has 0 radical (unpaired) electrons. The number of rotatable bonds is 2. The van der Waals surface area contributed by atoms with Gasteiger partial charge in [-0.15, -0.1) is 0 Å². The van der Waals surface area contributed by atoms with Crippen LogP contribution in [-0.4, -0.2) is 35.7 Å². The van der Waals surface area contributed by atoms with Gasteiger partial charge in [-0.3, -0.25) is 4.98 Å². The molecule has 3 aromatic heterocycles. The smallest absolute Gasteiger partial charge is 0.0870 e. The Balaban J connectivity index is 1.79. The molecule has 1 aliphatic rings. The SMILES string of the molecule is c1ccc(-c2cc(N3CCOCC3)c3cc4ccccc4cn23)nc1. The molecule has 1 aliphatic heterocycles. The van der Waals surface area contributed by atoms with Gasteiger partial charge in [-0.25, -0.2) is 0 Å². The summed E-state index contributed by atoms with van der Waals surface area (Å²) >= 11 is 0. The first-order valence-electron chi connectivity index (χ1n) is 8.68. The normalized spacial score (nSPS) is 15.1. The quantitative estimate of drug-likeness (QED) is 0.557. The maximum absolute atomic E-state index is 5.53. The van der Waals surface area contributed by atoms with Gasteiger partial charge >= 0.3 is 0 Å². The molecule has 4 heteroatoms. The molecule has 0 spiro atoms. The maximum Gasteiger partial charge on any atom is 0.0870 e. The number of anilines is 1. The Morgan fingerprint density at radius 1 is 0.880 bits per heavy atom. The van der Waals surface area contributed by atoms with Crippen LogP contribution in [0.1, 0.15) is 0 Å². The van der Waals surface area contributed by atoms with Gasteiger partial charge in [0.1, 0.15) is 0 Å². The van der Waals surface area contributed by atoms with Crippen molar-refractivity contribution in [3.63, 3.8) is 0 Å². The first-order chi connectivity index (χ1) is 12.4. The van der Waals surface area contributed by atoms with E-state index in [4.69, 9.17) is 4.74 Å². The minimum Gasteiger partial charge on any atom is -0.378 e. The van der Waals surface area contributed by atoms with Crippen molar-refractivity contribution in [1.29, 1.82) is 0 Å². The van der Waals surface area contributed by atoms with Crippen molar-refractivity contribution in [2.24, 2.45) is 0 Å². The van der Waals surface area contributed by atoms with Gasteiger partial charge in [0, 0.05) is 25.5 Å². The highest BCUT2D eigenvalue weighted by molar-refractivity contribution is 5.92. The van der Waals surface area contributed by atoms with Crippen molar-refractivity contribution in [1.82, 2.24) is 9.38 Å². The average Bonchev–Trinajstić information content (AvgIpc) is 3.06. The van der Waals surface area contributed by atoms with Crippen LogP contribution in [0.3, 0.4) is 0 Å². The van der Waals surface area contributed by atoms with E-state index in [0.717, 1.165) is 37.7 Å². The lowest BCUT2D eigenvalue weighted by Crippen LogP contribution is -2.36. The zero-order valence-electron chi connectivity index (χ0n) is 13.9. The topological polar surface area (TPSA) is 29.8 Å². The number of nitrogens with zero attached hydrogens (tertiary/aromatic N) is 3. The zero-order chi connectivity index (χ0) is 16.6. The van der Waals surface area contributed by atoms with Gasteiger partial charge in [-0.1, -0.05) is 30.3 Å². The summed E-state index contributed by atoms with van der Waals surface area (Å²) in [5, 5.41) is 2.49. The lowest BCUT2D eigenvalue weighted by Gasteiger charge is -2.28. The van der Waals surface area contributed by atoms with Crippen molar-refractivity contribution in [2.45, 2.75) is 0 Å². The summed E-state index contributed by atoms with van der Waals surface area (Å²) in [4.78, 5) is 6.99. The van der Waals surface area contributed by atoms with Crippen LogP contribution in [0.15, 0.2) is 67.0 Å². The Hall–Kier alpha value is -2.85. The second-order valence-corrected chi connectivity index (χ2v) is 6.39. The lowest BCUT2D eigenvalue weighted by molar-refractivity contribution is 0.123. The fourth-order valence-corrected chi connectivity index (χ4v) is 3.62. The van der Waals surface area contributed by atoms with Crippen molar-refractivity contribution in [3.05, 3.63) is 67.0 Å². The molecule has 4 heterocycles. The zero-order valence-corrected chi connectivity index (χ0v) is 13.9. The molecule has 0 saturated carbocycles. The van der Waals surface area contributed by atoms with E-state index < -0.39 is 0 Å². The van der Waals surface area contributed by atoms with Gasteiger partial charge in [0.05, 0.1) is 35.8 Å². The number of pyridine rings is 2. The molecule has 124 valence electrons. The number of hydrogen-bond donors (Lipinski definition) is 0. The highest BCUT2D eigenvalue weighted by Crippen LogP contribution is 2.34. The van der Waals surface area contributed by atoms with E-state index in [-0.39, 0.29) is 0 Å². The van der Waals surface area contributed by atoms with E-state index in [1.807, 2.05) is 18.3 Å². The monoisotopic (exact) mass is 329 g/mol. The van der Waals surface area contributed by atoms with Crippen LogP contribution in [0.25, 0.3) is 27.7 Å². The van der Waals surface area contributed by atoms with Gasteiger partial charge in [-0.05, 0) is 35.0 Å². The molecule has 0 bridgehead atoms. The van der Waals surface area contributed by atoms with Gasteiger partial charge in [0.25, 0.3) is 0 Å². The lowest BCUT2D eigenvalue weighted by atomic mass is 10.1. The van der Waals surface area contributed by atoms with Crippen LogP contribution in [0, 0.1) is 0 Å². The predicted octanol–water partition coefficient (Wildman–Crippen LogP) is 3.99. The molecule has 1 aromatic carbocycles. The van der Waals surface area contributed by atoms with Crippen LogP contribution < -0.4 is 4.90 Å². The fourth-order valence-electron chi connectivity index (χ4n) is 3.62. The highest BCUT2D eigenvalue weighted by Gasteiger charge is 2.19. The van der Waals surface area contributed by atoms with E-state index in [1.54, 1.807) is 0 Å². The molecule has 25 heavy (non-hydrogen) atoms. The Labute approximate surface area is 146 Å². The van der Waals surface area contributed by atoms with E-state index in [0.29, 0.717) is 0 Å². The molecule has 4 aromatic rings. The fraction of sp³-hybridized carbons (Fsp3) is 0.190. The van der Waals surface area contributed by atoms with Crippen molar-refractivity contribution in [2.75, 3.05) is 31.2 Å². The van der Waals surface area contributed by atoms with Crippen molar-refractivity contribution >= 4 is 22.0 Å². The van der Waals surface area contributed by atoms with Gasteiger partial charge in [0.2, 0.25) is 0 Å². The predicted molar refractivity (Wildman–Crippen MR) is 101 cm³/mol. The van der Waals surface area contributed by atoms with Gasteiger partial charge in [-0.2, -0.15) is 0 Å². The van der Waals surface area contributed by atoms with E-state index in [2.05, 4.69) is 62.9 Å². The van der Waals surface area contributed by atoms with E-state index in [1.165, 1.54) is 22.0 Å². The summed E-state index contributed by atoms with van der Waals surface area (Å²) in [5.74, 6) is 0. The second kappa shape index (κ2) is 5.90. The van der Waals surface area contributed by atoms with Crippen LogP contribution in [0.2, 0.25) is 0 Å². The van der Waals surface area contributed by atoms with E-state index in [9.17, 15) is 0 Å². The second-order valence-electron chi connectivity index (χ2n) is 6.39. The van der Waals surface area contributed by atoms with Gasteiger partial charge < -0.3 is 14.0 Å². The molecule has 1 fully saturated rings. The first kappa shape index (κ1) is 14.5. The molecule has 0 amide bonds. The minimum absolute atomic E-state index is 0.782. The van der Waals surface area contributed by atoms with Crippen LogP contribution in [0.4, 0.5) is 5.69 Å². The largest absolute Gasteiger partial charge is 0.378 e. The Bertz CT molecular complexity index is 1030. The standard InChI is InChI=1S/C21H19N3O/c1-2-6-17-15-24-19(18-7-3-4-8-22-18)14-20(21(24)13-16(17)5-1)23-9-11-25-12-10-23/h1-8,13-15H,9-12H2. The Kier molecular flexibility index (Phi) is 3.42. The number of morpholine rings is 1. The number of hydrogen-bond acceptors (Lipinski definition) is 3. The summed E-state index contributed by atoms with van der Waals surface area (Å²) < 4.78 is 7.81. The molecule has 0 aliphatic carbocycles. The van der Waals surface area contributed by atoms with Crippen LogP contribution >= 0.6 is 0 Å². The molecule has 0 atom stereocenters. The summed E-state index contributed by atoms with van der Waals surface area (Å²) in [6, 6.07) is 19.1. The highest BCUT2D eigenvalue weighted by atomic mass is 16.5. The maximum atomic E-state index is 5.53. The van der Waals surface area contributed by atoms with Crippen molar-refractivity contribution < 1.29 is 4.74 Å². The number of fused-ring (bicyclic) bond motifs is 2. The third kappa shape index (κ3) is 2.46. The van der Waals surface area contributed by atoms with E-state index >= 15 is 0 Å². The molecule has 0 unspecified atom stereocenters. The summed E-state index contributed by atoms with van der Waals surface area (Å²) in [5.41, 5.74) is 4.60. The molecule has 4 nitrogen and oxygen atoms in total. The average molecular weight is 329 g/mol. The summed E-state index contributed by atoms with van der Waals surface area (Å²) in [6.07, 6.45) is 4.07. The van der Waals surface area contributed by atoms with Crippen molar-refractivity contribution in [3.8, 4) is 11.4 Å². The summed E-state index contributed by atoms with van der Waals surface area (Å²) in [6.45, 7) is 3.41. The molecule has 0 N–H and O–H groups in total. The molecule has 5 rings (SSSR count). The summed E-state index contributed by atoms with van der Waals surface area (Å²) in [7, 11) is 0. The third-order valence-corrected chi connectivity index (χ3v) is 4.89. The molecule has 1 saturated heterocycles. The number of aromatic nitrogens is 2. The molecular formula is C21H19N3O. The number of benzene rings is 1. The van der Waals surface area contributed by atoms with Crippen LogP contribution in [-0.2, 0) is 4.74 Å². The van der Waals surface area contributed by atoms with Gasteiger partial charge in [0.15, 0.2) is 0 Å². The minimum atomic E-state index is 0.782. The molecular weight excluding hydrogens is 310 g/mol. The van der Waals surface area contributed by atoms with Crippen LogP contribution in [0.5, 0.6) is 0 Å². The number of ether oxygens (including phenoxy) is 1. The third-order valence-electron chi connectivity index (χ3n) is 4.89. The first-order valence-corrected chi connectivity index (χ1v) is 8.68. The Morgan fingerprint density at radius 2 is 1.68 bits per heavy atom.